The third kappa shape index (κ3) is 2.22. The van der Waals surface area contributed by atoms with Gasteiger partial charge in [-0.25, -0.2) is 0 Å². The van der Waals surface area contributed by atoms with E-state index >= 15 is 0 Å². The zero-order valence-corrected chi connectivity index (χ0v) is 7.13. The minimum atomic E-state index is 0.878. The van der Waals surface area contributed by atoms with Gasteiger partial charge in [-0.05, 0) is 34.7 Å². The van der Waals surface area contributed by atoms with Crippen molar-refractivity contribution in [1.82, 2.24) is 0 Å². The van der Waals surface area contributed by atoms with Crippen molar-refractivity contribution in [1.29, 1.82) is 0 Å². The number of hydrogen-bond donors (Lipinski definition) is 1. The molecule has 1 aliphatic carbocycles. The van der Waals surface area contributed by atoms with Gasteiger partial charge in [-0.1, -0.05) is 12.2 Å². The molecule has 1 nitrogen and oxygen atoms in total. The Morgan fingerprint density at radius 3 is 3.00 bits per heavy atom. The van der Waals surface area contributed by atoms with Gasteiger partial charge in [0.1, 0.15) is 0 Å². The Bertz CT molecular complexity index is 189. The van der Waals surface area contributed by atoms with Gasteiger partial charge in [0, 0.05) is 15.7 Å². The number of allylic oxidation sites excluding steroid dienone is 5. The van der Waals surface area contributed by atoms with Crippen LogP contribution < -0.4 is 5.73 Å². The van der Waals surface area contributed by atoms with Gasteiger partial charge in [-0.3, -0.25) is 0 Å². The zero-order chi connectivity index (χ0) is 6.69. The third-order valence-corrected chi connectivity index (χ3v) is 1.81. The van der Waals surface area contributed by atoms with Crippen LogP contribution in [0, 0.1) is 0 Å². The summed E-state index contributed by atoms with van der Waals surface area (Å²) in [6.45, 7) is 0. The molecule has 9 heavy (non-hydrogen) atoms. The van der Waals surface area contributed by atoms with Crippen LogP contribution in [0.15, 0.2) is 33.6 Å². The highest BCUT2D eigenvalue weighted by atomic mass is 127. The van der Waals surface area contributed by atoms with E-state index < -0.39 is 0 Å². The summed E-state index contributed by atoms with van der Waals surface area (Å²) in [5.74, 6) is 0. The Hall–Kier alpha value is -0.250. The van der Waals surface area contributed by atoms with E-state index in [4.69, 9.17) is 5.73 Å². The lowest BCUT2D eigenvalue weighted by Gasteiger charge is -1.87. The van der Waals surface area contributed by atoms with Crippen LogP contribution in [0.5, 0.6) is 0 Å². The number of rotatable bonds is 0. The van der Waals surface area contributed by atoms with Crippen molar-refractivity contribution < 1.29 is 0 Å². The molecule has 2 N–H and O–H groups in total. The van der Waals surface area contributed by atoms with Gasteiger partial charge in [0.05, 0.1) is 0 Å². The maximum Gasteiger partial charge on any atom is 0.0127 e. The minimum absolute atomic E-state index is 0.878. The van der Waals surface area contributed by atoms with E-state index in [1.165, 1.54) is 3.58 Å². The Kier molecular flexibility index (Phi) is 2.33. The largest absolute Gasteiger partial charge is 0.402 e. The quantitative estimate of drug-likeness (QED) is 0.637. The van der Waals surface area contributed by atoms with Crippen LogP contribution in [-0.4, -0.2) is 0 Å². The van der Waals surface area contributed by atoms with Crippen molar-refractivity contribution in [2.75, 3.05) is 0 Å². The van der Waals surface area contributed by atoms with Crippen LogP contribution in [0.25, 0.3) is 0 Å². The fourth-order valence-corrected chi connectivity index (χ4v) is 1.05. The van der Waals surface area contributed by atoms with Crippen LogP contribution in [0.2, 0.25) is 0 Å². The normalized spacial score (nSPS) is 18.3. The average molecular weight is 233 g/mol. The van der Waals surface area contributed by atoms with Crippen molar-refractivity contribution in [2.45, 2.75) is 6.42 Å². The Balaban J connectivity index is 2.80. The summed E-state index contributed by atoms with van der Waals surface area (Å²) in [5.41, 5.74) is 6.49. The SMILES string of the molecule is NC1=CC=C(I)C=CC1. The molecule has 0 unspecified atom stereocenters. The zero-order valence-electron chi connectivity index (χ0n) is 4.97. The summed E-state index contributed by atoms with van der Waals surface area (Å²) in [6.07, 6.45) is 8.97. The van der Waals surface area contributed by atoms with Gasteiger partial charge in [-0.2, -0.15) is 0 Å². The maximum atomic E-state index is 5.56. The topological polar surface area (TPSA) is 26.0 Å². The van der Waals surface area contributed by atoms with Gasteiger partial charge < -0.3 is 5.73 Å². The van der Waals surface area contributed by atoms with Crippen LogP contribution >= 0.6 is 22.6 Å². The Labute approximate surface area is 68.5 Å². The summed E-state index contributed by atoms with van der Waals surface area (Å²) in [7, 11) is 0. The lowest BCUT2D eigenvalue weighted by molar-refractivity contribution is 1.17. The van der Waals surface area contributed by atoms with E-state index in [2.05, 4.69) is 34.7 Å². The van der Waals surface area contributed by atoms with Crippen LogP contribution in [-0.2, 0) is 0 Å². The molecule has 1 rings (SSSR count). The van der Waals surface area contributed by atoms with Crippen molar-refractivity contribution in [3.8, 4) is 0 Å². The van der Waals surface area contributed by atoms with Crippen molar-refractivity contribution in [2.24, 2.45) is 5.73 Å². The first kappa shape index (κ1) is 6.86. The summed E-state index contributed by atoms with van der Waals surface area (Å²) in [4.78, 5) is 0. The summed E-state index contributed by atoms with van der Waals surface area (Å²) >= 11 is 2.27. The minimum Gasteiger partial charge on any atom is -0.402 e. The van der Waals surface area contributed by atoms with Crippen molar-refractivity contribution in [3.05, 3.63) is 33.6 Å². The average Bonchev–Trinajstić information content (AvgIpc) is 1.97. The molecule has 2 heteroatoms. The second-order valence-corrected chi connectivity index (χ2v) is 3.15. The predicted molar refractivity (Wildman–Crippen MR) is 48.1 cm³/mol. The summed E-state index contributed by atoms with van der Waals surface area (Å²) < 4.78 is 1.23. The second kappa shape index (κ2) is 3.06. The highest BCUT2D eigenvalue weighted by molar-refractivity contribution is 14.1. The third-order valence-electron chi connectivity index (χ3n) is 1.09. The molecule has 0 heterocycles. The molecule has 0 aromatic carbocycles. The predicted octanol–water partition coefficient (Wildman–Crippen LogP) is 2.11. The van der Waals surface area contributed by atoms with Gasteiger partial charge in [0.25, 0.3) is 0 Å². The van der Waals surface area contributed by atoms with E-state index in [9.17, 15) is 0 Å². The Morgan fingerprint density at radius 1 is 1.44 bits per heavy atom. The van der Waals surface area contributed by atoms with Crippen molar-refractivity contribution >= 4 is 22.6 Å². The van der Waals surface area contributed by atoms with E-state index in [1.54, 1.807) is 0 Å². The maximum absolute atomic E-state index is 5.56. The Morgan fingerprint density at radius 2 is 2.22 bits per heavy atom. The lowest BCUT2D eigenvalue weighted by Crippen LogP contribution is -1.92. The lowest BCUT2D eigenvalue weighted by atomic mass is 10.3. The first-order chi connectivity index (χ1) is 4.29. The van der Waals surface area contributed by atoms with Gasteiger partial charge in [-0.15, -0.1) is 0 Å². The molecule has 0 aliphatic heterocycles. The summed E-state index contributed by atoms with van der Waals surface area (Å²) in [6, 6.07) is 0. The van der Waals surface area contributed by atoms with Crippen LogP contribution in [0.3, 0.4) is 0 Å². The molecule has 0 spiro atoms. The van der Waals surface area contributed by atoms with Gasteiger partial charge in [0.15, 0.2) is 0 Å². The molecular weight excluding hydrogens is 225 g/mol. The fraction of sp³-hybridized carbons (Fsp3) is 0.143. The monoisotopic (exact) mass is 233 g/mol. The highest BCUT2D eigenvalue weighted by Crippen LogP contribution is 2.12. The van der Waals surface area contributed by atoms with Gasteiger partial charge >= 0.3 is 0 Å². The summed E-state index contributed by atoms with van der Waals surface area (Å²) in [5, 5.41) is 0. The number of halogens is 1. The molecule has 0 aromatic heterocycles. The van der Waals surface area contributed by atoms with Crippen LogP contribution in [0.4, 0.5) is 0 Å². The number of hydrogen-bond acceptors (Lipinski definition) is 1. The molecule has 0 saturated carbocycles. The van der Waals surface area contributed by atoms with E-state index in [-0.39, 0.29) is 0 Å². The molecule has 0 saturated heterocycles. The highest BCUT2D eigenvalue weighted by Gasteiger charge is 1.89. The molecule has 0 radical (unpaired) electrons. The molecule has 0 atom stereocenters. The molecule has 0 bridgehead atoms. The first-order valence-corrected chi connectivity index (χ1v) is 3.85. The molecule has 0 aromatic rings. The smallest absolute Gasteiger partial charge is 0.0127 e. The molecule has 1 aliphatic rings. The van der Waals surface area contributed by atoms with Crippen molar-refractivity contribution in [3.63, 3.8) is 0 Å². The second-order valence-electron chi connectivity index (χ2n) is 1.90. The molecular formula is C7H8IN. The van der Waals surface area contributed by atoms with E-state index in [0.29, 0.717) is 0 Å². The van der Waals surface area contributed by atoms with E-state index in [1.807, 2.05) is 12.2 Å². The van der Waals surface area contributed by atoms with E-state index in [0.717, 1.165) is 12.1 Å². The fourth-order valence-electron chi connectivity index (χ4n) is 0.618. The molecule has 0 amide bonds. The number of nitrogens with two attached hydrogens (primary N) is 1. The standard InChI is InChI=1S/C7H8IN/c8-6-2-1-3-7(9)5-4-6/h1-2,4-5H,3,9H2. The molecule has 48 valence electrons. The molecule has 0 fully saturated rings. The van der Waals surface area contributed by atoms with Crippen LogP contribution in [0.1, 0.15) is 6.42 Å². The first-order valence-electron chi connectivity index (χ1n) is 2.77. The van der Waals surface area contributed by atoms with Gasteiger partial charge in [0.2, 0.25) is 0 Å².